The summed E-state index contributed by atoms with van der Waals surface area (Å²) in [7, 11) is 5.30. The number of carboxylic acids is 4. The number of quaternary nitrogens is 1. The molecule has 0 aromatic carbocycles. The van der Waals surface area contributed by atoms with Crippen molar-refractivity contribution in [2.24, 2.45) is 0 Å². The van der Waals surface area contributed by atoms with Gasteiger partial charge >= 0.3 is 17.9 Å². The second-order valence-electron chi connectivity index (χ2n) is 7.06. The predicted octanol–water partition coefficient (Wildman–Crippen LogP) is -3.10. The summed E-state index contributed by atoms with van der Waals surface area (Å²) in [6, 6.07) is 0. The molecule has 0 saturated carbocycles. The maximum absolute atomic E-state index is 11.1. The topological polar surface area (TPSA) is 210 Å². The molecule has 27 heavy (non-hydrogen) atoms. The number of rotatable bonds is 10. The van der Waals surface area contributed by atoms with Gasteiger partial charge in [-0.15, -0.1) is 0 Å². The highest BCUT2D eigenvalue weighted by Crippen LogP contribution is 2.16. The molecular formula is C15H25NO11. The number of nitrogens with zero attached hydrogens (tertiary/aromatic N) is 1. The zero-order valence-electron chi connectivity index (χ0n) is 15.5. The van der Waals surface area contributed by atoms with Crippen molar-refractivity contribution in [1.82, 2.24) is 0 Å². The summed E-state index contributed by atoms with van der Waals surface area (Å²) in [5.74, 6) is -6.99. The zero-order valence-corrected chi connectivity index (χ0v) is 15.5. The fraction of sp³-hybridized carbons (Fsp3) is 0.667. The lowest BCUT2D eigenvalue weighted by Crippen LogP contribution is -2.55. The number of ketones is 1. The maximum Gasteiger partial charge on any atom is 0.336 e. The average Bonchev–Trinajstić information content (AvgIpc) is 2.33. The van der Waals surface area contributed by atoms with Gasteiger partial charge < -0.3 is 39.9 Å². The summed E-state index contributed by atoms with van der Waals surface area (Å²) in [5.41, 5.74) is -4.56. The highest BCUT2D eigenvalue weighted by Gasteiger charge is 2.41. The summed E-state index contributed by atoms with van der Waals surface area (Å²) in [4.78, 5) is 52.0. The van der Waals surface area contributed by atoms with Gasteiger partial charge in [-0.05, 0) is 6.92 Å². The van der Waals surface area contributed by atoms with Crippen molar-refractivity contribution in [1.29, 1.82) is 0 Å². The number of aliphatic hydroxyl groups is 2. The fourth-order valence-corrected chi connectivity index (χ4v) is 2.03. The smallest absolute Gasteiger partial charge is 0.336 e. The summed E-state index contributed by atoms with van der Waals surface area (Å²) >= 11 is 0. The molecule has 1 atom stereocenters. The summed E-state index contributed by atoms with van der Waals surface area (Å²) < 4.78 is 0.309. The lowest BCUT2D eigenvalue weighted by Gasteiger charge is -2.34. The number of carboxylic acid groups (broad SMARTS) is 4. The van der Waals surface area contributed by atoms with Crippen LogP contribution in [0.15, 0.2) is 0 Å². The van der Waals surface area contributed by atoms with Crippen LogP contribution < -0.4 is 5.11 Å². The van der Waals surface area contributed by atoms with E-state index in [1.165, 1.54) is 6.92 Å². The molecule has 0 spiro atoms. The van der Waals surface area contributed by atoms with Crippen LogP contribution in [0, 0.1) is 0 Å². The molecule has 0 aromatic rings. The number of hydrogen-bond donors (Lipinski definition) is 5. The van der Waals surface area contributed by atoms with Crippen LogP contribution in [-0.2, 0) is 24.0 Å². The molecule has 0 radical (unpaired) electrons. The normalized spacial score (nSPS) is 13.6. The Morgan fingerprint density at radius 3 is 1.37 bits per heavy atom. The van der Waals surface area contributed by atoms with Crippen molar-refractivity contribution in [3.8, 4) is 0 Å². The van der Waals surface area contributed by atoms with Crippen LogP contribution in [0.3, 0.4) is 0 Å². The van der Waals surface area contributed by atoms with E-state index in [-0.39, 0.29) is 6.54 Å². The van der Waals surface area contributed by atoms with E-state index < -0.39 is 60.1 Å². The summed E-state index contributed by atoms with van der Waals surface area (Å²) in [5, 5.41) is 54.0. The van der Waals surface area contributed by atoms with E-state index in [0.29, 0.717) is 4.48 Å². The van der Waals surface area contributed by atoms with E-state index in [2.05, 4.69) is 0 Å². The third-order valence-corrected chi connectivity index (χ3v) is 3.11. The van der Waals surface area contributed by atoms with Crippen LogP contribution >= 0.6 is 0 Å². The van der Waals surface area contributed by atoms with E-state index in [9.17, 15) is 34.2 Å². The van der Waals surface area contributed by atoms with E-state index in [4.69, 9.17) is 20.4 Å². The Labute approximate surface area is 154 Å². The summed E-state index contributed by atoms with van der Waals surface area (Å²) in [6.45, 7) is 1.23. The predicted molar refractivity (Wildman–Crippen MR) is 85.2 cm³/mol. The van der Waals surface area contributed by atoms with Gasteiger partial charge in [-0.2, -0.15) is 0 Å². The monoisotopic (exact) mass is 395 g/mol. The molecule has 0 rings (SSSR count). The highest BCUT2D eigenvalue weighted by molar-refractivity contribution is 5.89. The zero-order chi connectivity index (χ0) is 22.2. The maximum atomic E-state index is 11.1. The molecule has 0 amide bonds. The van der Waals surface area contributed by atoms with Crippen LogP contribution in [0.25, 0.3) is 0 Å². The van der Waals surface area contributed by atoms with Gasteiger partial charge in [-0.1, -0.05) is 0 Å². The molecule has 0 fully saturated rings. The Balaban J connectivity index is 0. The molecule has 12 nitrogen and oxygen atoms in total. The van der Waals surface area contributed by atoms with Gasteiger partial charge in [-0.3, -0.25) is 14.4 Å². The number of carbonyl (C=O) groups excluding carboxylic acids is 2. The lowest BCUT2D eigenvalue weighted by molar-refractivity contribution is -0.875. The van der Waals surface area contributed by atoms with Gasteiger partial charge in [0.2, 0.25) is 0 Å². The minimum atomic E-state index is -2.74. The number of carbonyl (C=O) groups is 5. The Hall–Kier alpha value is -2.57. The first-order valence-electron chi connectivity index (χ1n) is 7.48. The number of likely N-dealkylation sites (N-methyl/N-ethyl adjacent to an activating group) is 1. The van der Waals surface area contributed by atoms with E-state index in [1.54, 1.807) is 21.1 Å². The van der Waals surface area contributed by atoms with Gasteiger partial charge in [0.25, 0.3) is 0 Å². The number of hydrogen-bond acceptors (Lipinski definition) is 8. The van der Waals surface area contributed by atoms with Crippen LogP contribution in [0.4, 0.5) is 0 Å². The van der Waals surface area contributed by atoms with Crippen molar-refractivity contribution in [2.45, 2.75) is 37.4 Å². The standard InChI is InChI=1S/C9H17NO4.C6H8O7/c1-7(11)9(14,5-8(12)13)6-10(2,3)4;7-3(8)1-6(13,5(11)12)2-4(9)10/h14H,5-6H2,1-4H3;13H,1-2H2,(H,7,8)(H,9,10)(H,11,12)/t9-;/m1./s1. The first-order valence-corrected chi connectivity index (χ1v) is 7.48. The molecule has 0 unspecified atom stereocenters. The second-order valence-corrected chi connectivity index (χ2v) is 7.06. The van der Waals surface area contributed by atoms with Crippen molar-refractivity contribution < 1.29 is 59.1 Å². The van der Waals surface area contributed by atoms with Crippen LogP contribution in [0.2, 0.25) is 0 Å². The molecule has 0 aromatic heterocycles. The average molecular weight is 395 g/mol. The number of Topliss-reactive ketones (excluding diaryl/α,β-unsaturated/α-hetero) is 1. The quantitative estimate of drug-likeness (QED) is 0.234. The SMILES string of the molecule is CC(=O)[C@@](O)(CC(=O)[O-])C[N+](C)(C)C.O=C(O)CC(O)(CC(=O)O)C(=O)O. The molecule has 0 saturated heterocycles. The molecule has 5 N–H and O–H groups in total. The summed E-state index contributed by atoms with van der Waals surface area (Å²) in [6.07, 6.45) is -2.94. The third kappa shape index (κ3) is 11.6. The van der Waals surface area contributed by atoms with Crippen molar-refractivity contribution in [3.63, 3.8) is 0 Å². The Morgan fingerprint density at radius 1 is 0.815 bits per heavy atom. The van der Waals surface area contributed by atoms with Crippen LogP contribution in [-0.4, -0.2) is 98.6 Å². The van der Waals surface area contributed by atoms with Gasteiger partial charge in [0, 0.05) is 12.4 Å². The van der Waals surface area contributed by atoms with Crippen molar-refractivity contribution >= 4 is 29.7 Å². The third-order valence-electron chi connectivity index (χ3n) is 3.11. The Kier molecular flexibility index (Phi) is 9.82. The van der Waals surface area contributed by atoms with E-state index in [0.717, 1.165) is 0 Å². The first kappa shape index (κ1) is 26.7. The fourth-order valence-electron chi connectivity index (χ4n) is 2.03. The van der Waals surface area contributed by atoms with Crippen LogP contribution in [0.1, 0.15) is 26.2 Å². The molecule has 0 bridgehead atoms. The van der Waals surface area contributed by atoms with Crippen LogP contribution in [0.5, 0.6) is 0 Å². The molecule has 0 aliphatic rings. The van der Waals surface area contributed by atoms with E-state index in [1.807, 2.05) is 0 Å². The number of aliphatic carboxylic acids is 4. The molecule has 0 aliphatic heterocycles. The largest absolute Gasteiger partial charge is 0.550 e. The van der Waals surface area contributed by atoms with Gasteiger partial charge in [0.05, 0.1) is 34.0 Å². The minimum Gasteiger partial charge on any atom is -0.550 e. The van der Waals surface area contributed by atoms with Crippen molar-refractivity contribution in [3.05, 3.63) is 0 Å². The molecule has 0 heterocycles. The molecular weight excluding hydrogens is 370 g/mol. The minimum absolute atomic E-state index is 0.0519. The molecule has 156 valence electrons. The second kappa shape index (κ2) is 9.94. The molecule has 0 aliphatic carbocycles. The van der Waals surface area contributed by atoms with Gasteiger partial charge in [-0.25, -0.2) is 4.79 Å². The van der Waals surface area contributed by atoms with Crippen molar-refractivity contribution in [2.75, 3.05) is 27.7 Å². The molecule has 12 heteroatoms. The highest BCUT2D eigenvalue weighted by atomic mass is 16.4. The Morgan fingerprint density at radius 2 is 1.19 bits per heavy atom. The van der Waals surface area contributed by atoms with Gasteiger partial charge in [0.1, 0.15) is 6.54 Å². The van der Waals surface area contributed by atoms with Gasteiger partial charge in [0.15, 0.2) is 17.0 Å². The lowest BCUT2D eigenvalue weighted by atomic mass is 9.94. The first-order chi connectivity index (χ1) is 11.8. The van der Waals surface area contributed by atoms with E-state index >= 15 is 0 Å². The Bertz CT molecular complexity index is 577.